The molecule has 3 aromatic rings. The second-order valence-electron chi connectivity index (χ2n) is 5.92. The zero-order valence-electron chi connectivity index (χ0n) is 14.8. The van der Waals surface area contributed by atoms with E-state index in [9.17, 15) is 4.79 Å². The monoisotopic (exact) mass is 354 g/mol. The Morgan fingerprint density at radius 1 is 1.16 bits per heavy atom. The number of carbonyl (C=O) groups excluding carboxylic acids is 1. The Morgan fingerprint density at radius 3 is 2.72 bits per heavy atom. The van der Waals surface area contributed by atoms with Gasteiger partial charge in [0.2, 0.25) is 0 Å². The number of fused-ring (bicyclic) bond motifs is 1. The molecule has 0 aliphatic carbocycles. The van der Waals surface area contributed by atoms with Gasteiger partial charge < -0.3 is 9.30 Å². The van der Waals surface area contributed by atoms with E-state index in [1.807, 2.05) is 51.1 Å². The van der Waals surface area contributed by atoms with E-state index in [1.54, 1.807) is 0 Å². The molecule has 4 nitrogen and oxygen atoms in total. The molecule has 5 heteroatoms. The average molecular weight is 354 g/mol. The van der Waals surface area contributed by atoms with Crippen LogP contribution in [0.2, 0.25) is 0 Å². The molecule has 0 bridgehead atoms. The fourth-order valence-corrected chi connectivity index (χ4v) is 3.70. The molecular formula is C20H22N2O2S. The van der Waals surface area contributed by atoms with E-state index in [1.165, 1.54) is 16.9 Å². The van der Waals surface area contributed by atoms with Crippen LogP contribution in [-0.2, 0) is 11.3 Å². The van der Waals surface area contributed by atoms with Crippen molar-refractivity contribution in [3.05, 3.63) is 64.0 Å². The number of thiazole rings is 1. The van der Waals surface area contributed by atoms with E-state index in [-0.39, 0.29) is 5.91 Å². The first-order valence-electron chi connectivity index (χ1n) is 8.42. The van der Waals surface area contributed by atoms with Crippen molar-refractivity contribution < 1.29 is 9.53 Å². The van der Waals surface area contributed by atoms with Crippen molar-refractivity contribution in [3.63, 3.8) is 0 Å². The Labute approximate surface area is 151 Å². The summed E-state index contributed by atoms with van der Waals surface area (Å²) < 4.78 is 8.67. The van der Waals surface area contributed by atoms with Crippen LogP contribution in [0.3, 0.4) is 0 Å². The third-order valence-corrected chi connectivity index (χ3v) is 5.26. The summed E-state index contributed by atoms with van der Waals surface area (Å²) in [4.78, 5) is 17.7. The number of ether oxygens (including phenoxy) is 1. The van der Waals surface area contributed by atoms with Gasteiger partial charge in [-0.15, -0.1) is 0 Å². The number of aromatic nitrogens is 1. The Balaban J connectivity index is 2.03. The van der Waals surface area contributed by atoms with Crippen molar-refractivity contribution in [2.24, 2.45) is 4.99 Å². The third kappa shape index (κ3) is 3.89. The lowest BCUT2D eigenvalue weighted by atomic mass is 10.1. The summed E-state index contributed by atoms with van der Waals surface area (Å²) in [5, 5.41) is 0. The summed E-state index contributed by atoms with van der Waals surface area (Å²) in [6.07, 6.45) is 0. The number of amides is 1. The van der Waals surface area contributed by atoms with Gasteiger partial charge in [0, 0.05) is 18.7 Å². The second-order valence-corrected chi connectivity index (χ2v) is 6.93. The van der Waals surface area contributed by atoms with Crippen molar-refractivity contribution >= 4 is 27.5 Å². The van der Waals surface area contributed by atoms with Gasteiger partial charge in [-0.05, 0) is 56.2 Å². The van der Waals surface area contributed by atoms with Crippen molar-refractivity contribution in [2.45, 2.75) is 27.3 Å². The summed E-state index contributed by atoms with van der Waals surface area (Å²) >= 11 is 1.53. The molecule has 0 atom stereocenters. The van der Waals surface area contributed by atoms with Crippen molar-refractivity contribution in [1.82, 2.24) is 4.57 Å². The third-order valence-electron chi connectivity index (χ3n) is 4.20. The number of para-hydroxylation sites is 1. The zero-order chi connectivity index (χ0) is 17.8. The molecule has 3 rings (SSSR count). The minimum absolute atomic E-state index is 0.209. The molecule has 0 unspecified atom stereocenters. The topological polar surface area (TPSA) is 43.6 Å². The Bertz CT molecular complexity index is 969. The van der Waals surface area contributed by atoms with E-state index in [0.29, 0.717) is 30.1 Å². The van der Waals surface area contributed by atoms with Crippen LogP contribution in [0.25, 0.3) is 10.2 Å². The quantitative estimate of drug-likeness (QED) is 0.648. The highest BCUT2D eigenvalue weighted by atomic mass is 32.1. The second kappa shape index (κ2) is 7.76. The summed E-state index contributed by atoms with van der Waals surface area (Å²) in [6, 6.07) is 13.8. The lowest BCUT2D eigenvalue weighted by Gasteiger charge is -2.05. The molecule has 2 aromatic carbocycles. The Kier molecular flexibility index (Phi) is 5.46. The number of nitrogens with zero attached hydrogens (tertiary/aromatic N) is 2. The summed E-state index contributed by atoms with van der Waals surface area (Å²) in [5.41, 5.74) is 3.97. The summed E-state index contributed by atoms with van der Waals surface area (Å²) in [6.45, 7) is 7.98. The fourth-order valence-electron chi connectivity index (χ4n) is 2.65. The Hall–Kier alpha value is -2.24. The molecule has 1 aromatic heterocycles. The van der Waals surface area contributed by atoms with E-state index in [2.05, 4.69) is 21.7 Å². The predicted molar refractivity (Wildman–Crippen MR) is 102 cm³/mol. The highest BCUT2D eigenvalue weighted by molar-refractivity contribution is 7.16. The fraction of sp³-hybridized carbons (Fsp3) is 0.300. The number of carbonyl (C=O) groups is 1. The zero-order valence-corrected chi connectivity index (χ0v) is 15.6. The Morgan fingerprint density at radius 2 is 1.96 bits per heavy atom. The van der Waals surface area contributed by atoms with E-state index >= 15 is 0 Å². The maximum atomic E-state index is 12.6. The van der Waals surface area contributed by atoms with Gasteiger partial charge in [0.25, 0.3) is 5.91 Å². The SMILES string of the molecule is CCOCCn1c(=NC(=O)c2ccc(C)c(C)c2)sc2ccccc21. The highest BCUT2D eigenvalue weighted by Crippen LogP contribution is 2.17. The molecule has 0 spiro atoms. The lowest BCUT2D eigenvalue weighted by molar-refractivity contribution is 0.0996. The minimum atomic E-state index is -0.209. The number of hydrogen-bond donors (Lipinski definition) is 0. The number of benzene rings is 2. The van der Waals surface area contributed by atoms with Gasteiger partial charge in [-0.25, -0.2) is 0 Å². The largest absolute Gasteiger partial charge is 0.380 e. The van der Waals surface area contributed by atoms with Gasteiger partial charge in [0.1, 0.15) is 0 Å². The van der Waals surface area contributed by atoms with Crippen LogP contribution in [0.4, 0.5) is 0 Å². The molecule has 1 heterocycles. The van der Waals surface area contributed by atoms with E-state index in [4.69, 9.17) is 4.74 Å². The van der Waals surface area contributed by atoms with Crippen molar-refractivity contribution in [2.75, 3.05) is 13.2 Å². The standard InChI is InChI=1S/C20H22N2O2S/c1-4-24-12-11-22-17-7-5-6-8-18(17)25-20(22)21-19(23)16-10-9-14(2)15(3)13-16/h5-10,13H,4,11-12H2,1-3H3. The summed E-state index contributed by atoms with van der Waals surface area (Å²) in [7, 11) is 0. The first-order valence-corrected chi connectivity index (χ1v) is 9.24. The predicted octanol–water partition coefficient (Wildman–Crippen LogP) is 4.10. The van der Waals surface area contributed by atoms with Crippen molar-refractivity contribution in [3.8, 4) is 0 Å². The van der Waals surface area contributed by atoms with Crippen LogP contribution in [0.5, 0.6) is 0 Å². The normalized spacial score (nSPS) is 12.0. The smallest absolute Gasteiger partial charge is 0.279 e. The number of hydrogen-bond acceptors (Lipinski definition) is 3. The molecule has 25 heavy (non-hydrogen) atoms. The average Bonchev–Trinajstić information content (AvgIpc) is 2.95. The first-order chi connectivity index (χ1) is 12.1. The molecule has 0 fully saturated rings. The minimum Gasteiger partial charge on any atom is -0.380 e. The lowest BCUT2D eigenvalue weighted by Crippen LogP contribution is -2.19. The molecule has 0 aliphatic heterocycles. The first kappa shape index (κ1) is 17.6. The molecule has 130 valence electrons. The van der Waals surface area contributed by atoms with Crippen LogP contribution < -0.4 is 4.80 Å². The molecule has 0 saturated carbocycles. The van der Waals surface area contributed by atoms with Crippen LogP contribution >= 0.6 is 11.3 Å². The van der Waals surface area contributed by atoms with Crippen LogP contribution in [0, 0.1) is 13.8 Å². The van der Waals surface area contributed by atoms with Gasteiger partial charge in [-0.1, -0.05) is 29.5 Å². The number of aryl methyl sites for hydroxylation is 2. The van der Waals surface area contributed by atoms with Crippen LogP contribution in [-0.4, -0.2) is 23.7 Å². The van der Waals surface area contributed by atoms with Crippen LogP contribution in [0.1, 0.15) is 28.4 Å². The molecule has 0 saturated heterocycles. The highest BCUT2D eigenvalue weighted by Gasteiger charge is 2.09. The molecular weight excluding hydrogens is 332 g/mol. The number of rotatable bonds is 5. The van der Waals surface area contributed by atoms with Gasteiger partial charge in [0.15, 0.2) is 4.80 Å². The maximum absolute atomic E-state index is 12.6. The van der Waals surface area contributed by atoms with Gasteiger partial charge in [-0.3, -0.25) is 4.79 Å². The molecule has 1 amide bonds. The van der Waals surface area contributed by atoms with E-state index in [0.717, 1.165) is 15.8 Å². The molecule has 0 radical (unpaired) electrons. The van der Waals surface area contributed by atoms with E-state index < -0.39 is 0 Å². The van der Waals surface area contributed by atoms with Gasteiger partial charge in [-0.2, -0.15) is 4.99 Å². The van der Waals surface area contributed by atoms with Crippen molar-refractivity contribution in [1.29, 1.82) is 0 Å². The van der Waals surface area contributed by atoms with Crippen LogP contribution in [0.15, 0.2) is 47.5 Å². The van der Waals surface area contributed by atoms with Gasteiger partial charge >= 0.3 is 0 Å². The molecule has 0 aliphatic rings. The molecule has 0 N–H and O–H groups in total. The van der Waals surface area contributed by atoms with Gasteiger partial charge in [0.05, 0.1) is 16.8 Å². The maximum Gasteiger partial charge on any atom is 0.279 e. The summed E-state index contributed by atoms with van der Waals surface area (Å²) in [5.74, 6) is -0.209.